The highest BCUT2D eigenvalue weighted by atomic mass is 35.5. The highest BCUT2D eigenvalue weighted by Gasteiger charge is 2.28. The number of hydrogen-bond donors (Lipinski definition) is 2. The lowest BCUT2D eigenvalue weighted by Gasteiger charge is -2.27. The molecule has 35 heavy (non-hydrogen) atoms. The number of amides is 1. The second kappa shape index (κ2) is 10.6. The molecule has 0 saturated heterocycles. The van der Waals surface area contributed by atoms with Crippen LogP contribution < -0.4 is 26.6 Å². The summed E-state index contributed by atoms with van der Waals surface area (Å²) in [5.74, 6) is 0.0358. The van der Waals surface area contributed by atoms with Gasteiger partial charge >= 0.3 is 5.69 Å². The molecule has 1 aromatic heterocycles. The van der Waals surface area contributed by atoms with E-state index in [-0.39, 0.29) is 31.2 Å². The molecule has 2 heterocycles. The lowest BCUT2D eigenvalue weighted by molar-refractivity contribution is -0.115. The van der Waals surface area contributed by atoms with E-state index in [4.69, 9.17) is 26.8 Å². The van der Waals surface area contributed by atoms with Crippen LogP contribution >= 0.6 is 11.6 Å². The predicted molar refractivity (Wildman–Crippen MR) is 135 cm³/mol. The molecule has 182 valence electrons. The number of nitrogens with one attached hydrogen (secondary N) is 1. The zero-order valence-corrected chi connectivity index (χ0v) is 19.9. The number of halogens is 1. The van der Waals surface area contributed by atoms with Gasteiger partial charge in [-0.05, 0) is 36.3 Å². The summed E-state index contributed by atoms with van der Waals surface area (Å²) >= 11 is 6.10. The SMILES string of the molecule is COCCCN(C(=O)C1=Cc2cc(Cl)ccc2OC1)c1c(N)n(Cc2ccccc2)c(=O)[nH]c1=O. The number of fused-ring (bicyclic) bond motifs is 1. The van der Waals surface area contributed by atoms with Crippen molar-refractivity contribution in [2.45, 2.75) is 13.0 Å². The molecule has 9 nitrogen and oxygen atoms in total. The summed E-state index contributed by atoms with van der Waals surface area (Å²) in [6.45, 7) is 0.644. The number of benzene rings is 2. The van der Waals surface area contributed by atoms with E-state index < -0.39 is 17.2 Å². The van der Waals surface area contributed by atoms with Crippen LogP contribution in [0.1, 0.15) is 17.5 Å². The maximum atomic E-state index is 13.7. The fourth-order valence-electron chi connectivity index (χ4n) is 3.89. The number of aromatic nitrogens is 2. The van der Waals surface area contributed by atoms with Crippen LogP contribution in [-0.2, 0) is 16.1 Å². The number of ether oxygens (including phenoxy) is 2. The Morgan fingerprint density at radius 1 is 1.23 bits per heavy atom. The molecule has 0 aliphatic carbocycles. The fraction of sp³-hybridized carbons (Fsp3) is 0.240. The van der Waals surface area contributed by atoms with Crippen LogP contribution in [-0.4, -0.2) is 42.3 Å². The highest BCUT2D eigenvalue weighted by molar-refractivity contribution is 6.30. The minimum atomic E-state index is -0.747. The van der Waals surface area contributed by atoms with Crippen LogP contribution in [0.15, 0.2) is 63.7 Å². The molecule has 3 aromatic rings. The molecule has 0 atom stereocenters. The van der Waals surface area contributed by atoms with Crippen LogP contribution in [0.3, 0.4) is 0 Å². The van der Waals surface area contributed by atoms with E-state index in [9.17, 15) is 14.4 Å². The van der Waals surface area contributed by atoms with E-state index in [1.165, 1.54) is 9.47 Å². The fourth-order valence-corrected chi connectivity index (χ4v) is 4.07. The van der Waals surface area contributed by atoms with Crippen molar-refractivity contribution in [2.75, 3.05) is 37.5 Å². The van der Waals surface area contributed by atoms with Crippen molar-refractivity contribution in [3.63, 3.8) is 0 Å². The molecule has 1 aliphatic rings. The molecule has 0 fully saturated rings. The molecule has 1 amide bonds. The lowest BCUT2D eigenvalue weighted by atomic mass is 10.1. The van der Waals surface area contributed by atoms with E-state index in [1.54, 1.807) is 31.4 Å². The first-order valence-corrected chi connectivity index (χ1v) is 11.4. The molecule has 0 bridgehead atoms. The van der Waals surface area contributed by atoms with Crippen LogP contribution in [0.4, 0.5) is 11.5 Å². The van der Waals surface area contributed by atoms with Gasteiger partial charge in [-0.15, -0.1) is 0 Å². The quantitative estimate of drug-likeness (QED) is 0.463. The van der Waals surface area contributed by atoms with Crippen LogP contribution in [0.2, 0.25) is 5.02 Å². The molecule has 1 aliphatic heterocycles. The second-order valence-electron chi connectivity index (χ2n) is 8.01. The molecule has 4 rings (SSSR count). The Balaban J connectivity index is 1.76. The largest absolute Gasteiger partial charge is 0.488 e. The molecule has 2 aromatic carbocycles. The summed E-state index contributed by atoms with van der Waals surface area (Å²) in [4.78, 5) is 42.8. The average molecular weight is 497 g/mol. The summed E-state index contributed by atoms with van der Waals surface area (Å²) in [6.07, 6.45) is 2.12. The third-order valence-corrected chi connectivity index (χ3v) is 5.84. The van der Waals surface area contributed by atoms with Gasteiger partial charge in [-0.1, -0.05) is 41.9 Å². The van der Waals surface area contributed by atoms with Crippen molar-refractivity contribution >= 4 is 35.1 Å². The summed E-state index contributed by atoms with van der Waals surface area (Å²) in [5, 5.41) is 0.503. The zero-order chi connectivity index (χ0) is 24.9. The van der Waals surface area contributed by atoms with Crippen molar-refractivity contribution in [3.05, 3.63) is 91.1 Å². The maximum Gasteiger partial charge on any atom is 0.330 e. The minimum Gasteiger partial charge on any atom is -0.488 e. The summed E-state index contributed by atoms with van der Waals surface area (Å²) in [5.41, 5.74) is 6.63. The molecular formula is C25H25ClN4O5. The topological polar surface area (TPSA) is 120 Å². The van der Waals surface area contributed by atoms with Crippen LogP contribution in [0.5, 0.6) is 5.75 Å². The molecule has 0 unspecified atom stereocenters. The van der Waals surface area contributed by atoms with Gasteiger partial charge in [0.2, 0.25) is 0 Å². The van der Waals surface area contributed by atoms with Crippen LogP contribution in [0.25, 0.3) is 6.08 Å². The zero-order valence-electron chi connectivity index (χ0n) is 19.1. The highest BCUT2D eigenvalue weighted by Crippen LogP contribution is 2.30. The number of methoxy groups -OCH3 is 1. The Labute approximate surface area is 206 Å². The first-order valence-electron chi connectivity index (χ1n) is 11.0. The Morgan fingerprint density at radius 2 is 2.00 bits per heavy atom. The number of aromatic amines is 1. The number of nitrogens with two attached hydrogens (primary N) is 1. The minimum absolute atomic E-state index is 0.00963. The summed E-state index contributed by atoms with van der Waals surface area (Å²) in [6, 6.07) is 14.3. The van der Waals surface area contributed by atoms with E-state index >= 15 is 0 Å². The smallest absolute Gasteiger partial charge is 0.330 e. The van der Waals surface area contributed by atoms with E-state index in [0.29, 0.717) is 34.9 Å². The number of carbonyl (C=O) groups excluding carboxylic acids is 1. The number of rotatable bonds is 8. The maximum absolute atomic E-state index is 13.7. The first-order chi connectivity index (χ1) is 16.9. The lowest BCUT2D eigenvalue weighted by Crippen LogP contribution is -2.43. The Hall–Kier alpha value is -3.82. The predicted octanol–water partition coefficient (Wildman–Crippen LogP) is 2.67. The standard InChI is InChI=1S/C25H25ClN4O5/c1-34-11-5-10-29(24(32)18-12-17-13-19(26)8-9-20(17)35-15-18)21-22(27)30(25(33)28-23(21)31)14-16-6-3-2-4-7-16/h2-4,6-9,12-13H,5,10-11,14-15,27H2,1H3,(H,28,31,33). The second-order valence-corrected chi connectivity index (χ2v) is 8.44. The molecule has 3 N–H and O–H groups in total. The van der Waals surface area contributed by atoms with E-state index in [2.05, 4.69) is 4.98 Å². The normalized spacial score (nSPS) is 12.5. The van der Waals surface area contributed by atoms with Gasteiger partial charge in [-0.25, -0.2) is 4.79 Å². The Morgan fingerprint density at radius 3 is 2.74 bits per heavy atom. The Kier molecular flexibility index (Phi) is 7.38. The van der Waals surface area contributed by atoms with Gasteiger partial charge in [0.15, 0.2) is 5.69 Å². The van der Waals surface area contributed by atoms with Crippen molar-refractivity contribution in [1.82, 2.24) is 9.55 Å². The number of anilines is 2. The van der Waals surface area contributed by atoms with Gasteiger partial charge in [0.1, 0.15) is 18.2 Å². The van der Waals surface area contributed by atoms with Gasteiger partial charge in [0.25, 0.3) is 11.5 Å². The monoisotopic (exact) mass is 496 g/mol. The first kappa shape index (κ1) is 24.3. The number of hydrogen-bond acceptors (Lipinski definition) is 6. The van der Waals surface area contributed by atoms with Crippen molar-refractivity contribution in [2.24, 2.45) is 0 Å². The molecule has 0 spiro atoms. The molecule has 0 saturated carbocycles. The summed E-state index contributed by atoms with van der Waals surface area (Å²) < 4.78 is 12.1. The van der Waals surface area contributed by atoms with Gasteiger partial charge in [0, 0.05) is 30.8 Å². The van der Waals surface area contributed by atoms with Gasteiger partial charge in [-0.2, -0.15) is 0 Å². The van der Waals surface area contributed by atoms with Gasteiger partial charge < -0.3 is 20.1 Å². The molecular weight excluding hydrogens is 472 g/mol. The average Bonchev–Trinajstić information content (AvgIpc) is 2.85. The van der Waals surface area contributed by atoms with E-state index in [0.717, 1.165) is 5.56 Å². The van der Waals surface area contributed by atoms with Gasteiger partial charge in [-0.3, -0.25) is 19.1 Å². The van der Waals surface area contributed by atoms with Crippen molar-refractivity contribution < 1.29 is 14.3 Å². The Bertz CT molecular complexity index is 1380. The van der Waals surface area contributed by atoms with Crippen LogP contribution in [0, 0.1) is 0 Å². The van der Waals surface area contributed by atoms with E-state index in [1.807, 2.05) is 30.3 Å². The molecule has 0 radical (unpaired) electrons. The number of H-pyrrole nitrogens is 1. The molecule has 10 heteroatoms. The number of nitrogen functional groups attached to an aromatic ring is 1. The third kappa shape index (κ3) is 5.31. The third-order valence-electron chi connectivity index (χ3n) is 5.60. The van der Waals surface area contributed by atoms with Crippen molar-refractivity contribution in [3.8, 4) is 5.75 Å². The number of nitrogens with zero attached hydrogens (tertiary/aromatic N) is 2. The number of carbonyl (C=O) groups is 1. The summed E-state index contributed by atoms with van der Waals surface area (Å²) in [7, 11) is 1.55. The van der Waals surface area contributed by atoms with Gasteiger partial charge in [0.05, 0.1) is 12.1 Å². The van der Waals surface area contributed by atoms with Crippen molar-refractivity contribution in [1.29, 1.82) is 0 Å².